The molecule has 1 saturated heterocycles. The third kappa shape index (κ3) is 17.1. The van der Waals surface area contributed by atoms with Crippen molar-refractivity contribution in [3.05, 3.63) is 12.7 Å². The van der Waals surface area contributed by atoms with Crippen molar-refractivity contribution in [1.29, 1.82) is 0 Å². The maximum atomic E-state index is 12.7. The molecule has 0 spiro atoms. The van der Waals surface area contributed by atoms with Gasteiger partial charge in [-0.25, -0.2) is 24.1 Å². The molecule has 2 aromatic rings. The van der Waals surface area contributed by atoms with Crippen molar-refractivity contribution in [2.75, 3.05) is 37.8 Å². The molecule has 3 heterocycles. The molecule has 0 bridgehead atoms. The topological polar surface area (TPSA) is 366 Å². The van der Waals surface area contributed by atoms with E-state index in [2.05, 4.69) is 41.3 Å². The number of hydrogen-bond acceptors (Lipinski definition) is 19. The number of aromatic nitrogens is 4. The van der Waals surface area contributed by atoms with Crippen LogP contribution in [0.5, 0.6) is 0 Å². The molecule has 3 unspecified atom stereocenters. The Morgan fingerprint density at radius 1 is 1.03 bits per heavy atom. The van der Waals surface area contributed by atoms with Gasteiger partial charge in [-0.05, 0) is 6.42 Å². The number of phosphoric ester groups is 3. The van der Waals surface area contributed by atoms with Crippen LogP contribution in [0.1, 0.15) is 71.9 Å². The fraction of sp³-hybridized carbons (Fsp3) is 0.724. The number of imidazole rings is 1. The Labute approximate surface area is 359 Å². The minimum atomic E-state index is -5.58. The van der Waals surface area contributed by atoms with Gasteiger partial charge in [-0.1, -0.05) is 58.2 Å². The summed E-state index contributed by atoms with van der Waals surface area (Å²) in [6.45, 7) is 2.62. The number of fused-ring (bicyclic) bond motifs is 1. The Hall–Kier alpha value is -1.44. The van der Waals surface area contributed by atoms with E-state index in [9.17, 15) is 57.9 Å². The van der Waals surface area contributed by atoms with Crippen LogP contribution in [-0.4, -0.2) is 118 Å². The molecule has 1 aliphatic rings. The second-order valence-corrected chi connectivity index (χ2v) is 18.8. The van der Waals surface area contributed by atoms with Gasteiger partial charge in [-0.15, -0.1) is 0 Å². The monoisotopic (exact) mass is 915 g/mol. The van der Waals surface area contributed by atoms with Gasteiger partial charge in [0.15, 0.2) is 22.8 Å². The Kier molecular flexibility index (Phi) is 21.5. The van der Waals surface area contributed by atoms with Gasteiger partial charge in [0.1, 0.15) is 36.3 Å². The van der Waals surface area contributed by atoms with Crippen molar-refractivity contribution in [2.24, 2.45) is 5.41 Å². The average Bonchev–Trinajstić information content (AvgIpc) is 3.68. The summed E-state index contributed by atoms with van der Waals surface area (Å²) in [7, 11) is -16.7. The number of hydrogen-bond donors (Lipinski definition) is 8. The number of phosphoric acid groups is 3. The summed E-state index contributed by atoms with van der Waals surface area (Å²) in [5, 5.41) is 26.4. The summed E-state index contributed by atoms with van der Waals surface area (Å²) < 4.78 is 61.8. The van der Waals surface area contributed by atoms with E-state index in [1.807, 2.05) is 0 Å². The van der Waals surface area contributed by atoms with E-state index in [0.29, 0.717) is 12.2 Å². The van der Waals surface area contributed by atoms with Gasteiger partial charge in [-0.2, -0.15) is 4.31 Å². The number of rotatable bonds is 25. The number of thioether (sulfide) groups is 1. The first-order chi connectivity index (χ1) is 26.6. The van der Waals surface area contributed by atoms with Gasteiger partial charge in [0.2, 0.25) is 11.8 Å². The number of carbonyl (C=O) groups is 3. The zero-order chi connectivity index (χ0) is 42.6. The van der Waals surface area contributed by atoms with Crippen molar-refractivity contribution in [1.82, 2.24) is 30.2 Å². The van der Waals surface area contributed by atoms with Crippen LogP contribution in [0.2, 0.25) is 0 Å². The third-order valence-electron chi connectivity index (χ3n) is 8.25. The zero-order valence-corrected chi connectivity index (χ0v) is 37.8. The Balaban J connectivity index is 0.0000116. The van der Waals surface area contributed by atoms with Crippen LogP contribution in [0.4, 0.5) is 5.82 Å². The first-order valence-corrected chi connectivity index (χ1v) is 23.1. The standard InChI is InChI=1S/C29H50N7O17P3S.Na/c1-4-5-6-7-8-9-20(38)57-13-12-31-19(37)10-11-32-27(41)24(40)29(2,3)15-50-56(47,48)53-55(45,46)49-14-18-23(52-54(42,43)44)22(39)28(51-18)36-17-35-21-25(30)33-16-34-26(21)36;/h16-18,22-24,28,39-40H,4-15H2,1-3H3,(H,31,37)(H,32,41)(H,45,46)(H,47,48)(H2,30,33,34)(H2,42,43,44);/q;+1/p-1/t18-,22-,23-,24+,28-;/m1./s1. The summed E-state index contributed by atoms with van der Waals surface area (Å²) >= 11 is 1.13. The molecular formula is C29H49N7NaO17P3S. The maximum absolute atomic E-state index is 12.7. The van der Waals surface area contributed by atoms with Crippen LogP contribution in [-0.2, 0) is 50.7 Å². The van der Waals surface area contributed by atoms with E-state index in [1.54, 1.807) is 0 Å². The summed E-state index contributed by atoms with van der Waals surface area (Å²) in [4.78, 5) is 89.6. The SMILES string of the molecule is CCCCCCCC(=O)SCCNC(=O)CCNC(=O)[C@H](O)C(C)(C)COP(=O)(O)OP(=O)(O)OC[C@H]1O[C@@H](n2cnc3c(N)ncnc32)[C@H](O)[C@@H]1OP(=O)([O-])O.[Na+]. The van der Waals surface area contributed by atoms with Crippen LogP contribution in [0.25, 0.3) is 11.2 Å². The fourth-order valence-electron chi connectivity index (χ4n) is 5.24. The molecule has 8 atom stereocenters. The first kappa shape index (κ1) is 52.7. The third-order valence-corrected chi connectivity index (χ3v) is 12.3. The van der Waals surface area contributed by atoms with E-state index >= 15 is 0 Å². The minimum Gasteiger partial charge on any atom is -0.756 e. The number of anilines is 1. The second kappa shape index (κ2) is 23.7. The number of nitrogens with two attached hydrogens (primary N) is 1. The van der Waals surface area contributed by atoms with Crippen LogP contribution < -0.4 is 50.8 Å². The molecule has 29 heteroatoms. The molecule has 1 fully saturated rings. The van der Waals surface area contributed by atoms with E-state index in [-0.39, 0.29) is 71.2 Å². The summed E-state index contributed by atoms with van der Waals surface area (Å²) in [5.41, 5.74) is 4.23. The number of aliphatic hydroxyl groups excluding tert-OH is 2. The molecule has 2 aromatic heterocycles. The van der Waals surface area contributed by atoms with Crippen molar-refractivity contribution in [3.63, 3.8) is 0 Å². The Morgan fingerprint density at radius 2 is 1.71 bits per heavy atom. The van der Waals surface area contributed by atoms with Crippen LogP contribution in [0, 0.1) is 5.41 Å². The van der Waals surface area contributed by atoms with Crippen molar-refractivity contribution in [2.45, 2.75) is 96.4 Å². The number of carbonyl (C=O) groups excluding carboxylic acids is 3. The smallest absolute Gasteiger partial charge is 0.756 e. The number of nitrogens with zero attached hydrogens (tertiary/aromatic N) is 4. The molecule has 58 heavy (non-hydrogen) atoms. The average molecular weight is 916 g/mol. The van der Waals surface area contributed by atoms with Crippen LogP contribution in [0.15, 0.2) is 12.7 Å². The maximum Gasteiger partial charge on any atom is 1.00 e. The van der Waals surface area contributed by atoms with Gasteiger partial charge in [0, 0.05) is 37.1 Å². The number of unbranched alkanes of at least 4 members (excludes halogenated alkanes) is 4. The van der Waals surface area contributed by atoms with E-state index < -0.39 is 84.6 Å². The van der Waals surface area contributed by atoms with E-state index in [1.165, 1.54) is 13.8 Å². The molecular weight excluding hydrogens is 866 g/mol. The predicted octanol–water partition coefficient (Wildman–Crippen LogP) is -2.60. The van der Waals surface area contributed by atoms with Gasteiger partial charge >= 0.3 is 45.2 Å². The molecule has 1 aliphatic heterocycles. The number of amides is 2. The summed E-state index contributed by atoms with van der Waals surface area (Å²) in [6.07, 6.45) is -1.43. The zero-order valence-electron chi connectivity index (χ0n) is 32.3. The van der Waals surface area contributed by atoms with Crippen molar-refractivity contribution >= 4 is 69.1 Å². The molecule has 0 radical (unpaired) electrons. The quantitative estimate of drug-likeness (QED) is 0.0287. The molecule has 3 rings (SSSR count). The Bertz CT molecular complexity index is 1820. The summed E-state index contributed by atoms with van der Waals surface area (Å²) in [6, 6.07) is 0. The van der Waals surface area contributed by atoms with Gasteiger partial charge in [-0.3, -0.25) is 32.6 Å². The van der Waals surface area contributed by atoms with Gasteiger partial charge in [0.25, 0.3) is 7.82 Å². The molecule has 324 valence electrons. The predicted molar refractivity (Wildman–Crippen MR) is 198 cm³/mol. The summed E-state index contributed by atoms with van der Waals surface area (Å²) in [5.74, 6) is -1.05. The molecule has 0 saturated carbocycles. The van der Waals surface area contributed by atoms with Crippen LogP contribution in [0.3, 0.4) is 0 Å². The number of nitrogen functional groups attached to an aromatic ring is 1. The second-order valence-electron chi connectivity index (χ2n) is 13.4. The number of nitrogens with one attached hydrogen (secondary N) is 2. The minimum absolute atomic E-state index is 0. The van der Waals surface area contributed by atoms with Crippen LogP contribution >= 0.6 is 35.2 Å². The van der Waals surface area contributed by atoms with Gasteiger partial charge in [0.05, 0.1) is 19.5 Å². The first-order valence-electron chi connectivity index (χ1n) is 17.6. The molecule has 9 N–H and O–H groups in total. The van der Waals surface area contributed by atoms with E-state index in [0.717, 1.165) is 61.1 Å². The molecule has 2 amide bonds. The van der Waals surface area contributed by atoms with Crippen molar-refractivity contribution < 1.29 is 110 Å². The Morgan fingerprint density at radius 3 is 2.38 bits per heavy atom. The number of ether oxygens (including phenoxy) is 1. The fourth-order valence-corrected chi connectivity index (χ4v) is 8.78. The molecule has 0 aliphatic carbocycles. The molecule has 0 aromatic carbocycles. The largest absolute Gasteiger partial charge is 1.00 e. The van der Waals surface area contributed by atoms with Crippen molar-refractivity contribution in [3.8, 4) is 0 Å². The van der Waals surface area contributed by atoms with E-state index in [4.69, 9.17) is 19.5 Å². The van der Waals surface area contributed by atoms with Gasteiger partial charge < -0.3 is 55.4 Å². The normalized spacial score (nSPS) is 21.9. The number of aliphatic hydroxyl groups is 2. The molecule has 24 nitrogen and oxygen atoms in total.